The predicted molar refractivity (Wildman–Crippen MR) is 79.3 cm³/mol. The lowest BCUT2D eigenvalue weighted by molar-refractivity contribution is 0.0470. The fourth-order valence-electron chi connectivity index (χ4n) is 2.00. The molecule has 0 bridgehead atoms. The van der Waals surface area contributed by atoms with E-state index in [0.717, 1.165) is 12.2 Å². The lowest BCUT2D eigenvalue weighted by atomic mass is 10.0. The minimum atomic E-state index is -0.466. The third-order valence-corrected chi connectivity index (χ3v) is 3.63. The maximum atomic E-state index is 10.1. The highest BCUT2D eigenvalue weighted by Crippen LogP contribution is 2.21. The van der Waals surface area contributed by atoms with Gasteiger partial charge in [0.05, 0.1) is 32.0 Å². The van der Waals surface area contributed by atoms with Gasteiger partial charge in [0.1, 0.15) is 0 Å². The third-order valence-electron chi connectivity index (χ3n) is 3.63. The van der Waals surface area contributed by atoms with Crippen LogP contribution in [0, 0.1) is 11.8 Å². The fourth-order valence-corrected chi connectivity index (χ4v) is 2.00. The van der Waals surface area contributed by atoms with Crippen molar-refractivity contribution < 1.29 is 14.6 Å². The van der Waals surface area contributed by atoms with Gasteiger partial charge in [-0.25, -0.2) is 0 Å². The van der Waals surface area contributed by atoms with Gasteiger partial charge in [-0.3, -0.25) is 0 Å². The van der Waals surface area contributed by atoms with Crippen molar-refractivity contribution in [1.82, 2.24) is 0 Å². The molecule has 0 aliphatic carbocycles. The van der Waals surface area contributed by atoms with E-state index in [1.165, 1.54) is 0 Å². The molecule has 3 nitrogen and oxygen atoms in total. The van der Waals surface area contributed by atoms with Gasteiger partial charge in [-0.1, -0.05) is 56.3 Å². The van der Waals surface area contributed by atoms with Crippen LogP contribution < -0.4 is 0 Å². The third kappa shape index (κ3) is 5.08. The summed E-state index contributed by atoms with van der Waals surface area (Å²) in [7, 11) is 0. The summed E-state index contributed by atoms with van der Waals surface area (Å²) >= 11 is 0. The summed E-state index contributed by atoms with van der Waals surface area (Å²) in [5, 5.41) is 10.1. The molecule has 4 atom stereocenters. The van der Waals surface area contributed by atoms with E-state index >= 15 is 0 Å². The van der Waals surface area contributed by atoms with Gasteiger partial charge in [-0.2, -0.15) is 0 Å². The molecule has 1 aliphatic heterocycles. The van der Waals surface area contributed by atoms with Crippen molar-refractivity contribution in [3.63, 3.8) is 0 Å². The molecule has 0 unspecified atom stereocenters. The van der Waals surface area contributed by atoms with E-state index in [9.17, 15) is 5.11 Å². The summed E-state index contributed by atoms with van der Waals surface area (Å²) in [5.74, 6) is 0.462. The second-order valence-electron chi connectivity index (χ2n) is 5.58. The summed E-state index contributed by atoms with van der Waals surface area (Å²) < 4.78 is 10.9. The van der Waals surface area contributed by atoms with E-state index in [0.29, 0.717) is 25.2 Å². The zero-order valence-corrected chi connectivity index (χ0v) is 12.2. The van der Waals surface area contributed by atoms with Gasteiger partial charge in [0.15, 0.2) is 0 Å². The van der Waals surface area contributed by atoms with Crippen LogP contribution in [-0.4, -0.2) is 30.5 Å². The van der Waals surface area contributed by atoms with Gasteiger partial charge in [-0.15, -0.1) is 0 Å². The number of epoxide rings is 1. The van der Waals surface area contributed by atoms with Gasteiger partial charge in [0, 0.05) is 11.8 Å². The Morgan fingerprint density at radius 1 is 1.30 bits per heavy atom. The number of aliphatic hydroxyl groups excluding tert-OH is 1. The van der Waals surface area contributed by atoms with Crippen LogP contribution in [0.5, 0.6) is 0 Å². The summed E-state index contributed by atoms with van der Waals surface area (Å²) in [4.78, 5) is 0. The Bertz CT molecular complexity index is 412. The van der Waals surface area contributed by atoms with Crippen LogP contribution in [0.3, 0.4) is 0 Å². The molecule has 110 valence electrons. The maximum Gasteiger partial charge on any atom is 0.0869 e. The van der Waals surface area contributed by atoms with E-state index < -0.39 is 6.10 Å². The Morgan fingerprint density at radius 2 is 2.00 bits per heavy atom. The van der Waals surface area contributed by atoms with E-state index in [1.54, 1.807) is 0 Å². The summed E-state index contributed by atoms with van der Waals surface area (Å²) in [6.45, 7) is 6.09. The Labute approximate surface area is 121 Å². The Hall–Kier alpha value is -1.16. The second kappa shape index (κ2) is 7.58. The monoisotopic (exact) mass is 276 g/mol. The molecule has 1 aromatic rings. The van der Waals surface area contributed by atoms with Crippen LogP contribution >= 0.6 is 0 Å². The topological polar surface area (TPSA) is 42.0 Å². The van der Waals surface area contributed by atoms with E-state index in [-0.39, 0.29) is 5.92 Å². The second-order valence-corrected chi connectivity index (χ2v) is 5.58. The summed E-state index contributed by atoms with van der Waals surface area (Å²) in [6.07, 6.45) is 3.79. The average Bonchev–Trinajstić information content (AvgIpc) is 3.30. The highest BCUT2D eigenvalue weighted by Gasteiger charge is 2.27. The van der Waals surface area contributed by atoms with Crippen molar-refractivity contribution in [3.05, 3.63) is 48.0 Å². The maximum absolute atomic E-state index is 10.1. The molecule has 1 aromatic carbocycles. The normalized spacial score (nSPS) is 22.6. The molecule has 1 aliphatic rings. The molecule has 0 radical (unpaired) electrons. The molecule has 0 saturated carbocycles. The van der Waals surface area contributed by atoms with Crippen molar-refractivity contribution in [2.75, 3.05) is 13.2 Å². The highest BCUT2D eigenvalue weighted by molar-refractivity contribution is 5.13. The number of benzene rings is 1. The highest BCUT2D eigenvalue weighted by atomic mass is 16.6. The van der Waals surface area contributed by atoms with Crippen molar-refractivity contribution in [2.24, 2.45) is 11.8 Å². The minimum Gasteiger partial charge on any atom is -0.389 e. The van der Waals surface area contributed by atoms with Gasteiger partial charge >= 0.3 is 0 Å². The first kappa shape index (κ1) is 15.2. The van der Waals surface area contributed by atoms with Crippen LogP contribution in [0.2, 0.25) is 0 Å². The summed E-state index contributed by atoms with van der Waals surface area (Å²) in [6, 6.07) is 10.1. The zero-order chi connectivity index (χ0) is 14.4. The molecular weight excluding hydrogens is 252 g/mol. The minimum absolute atomic E-state index is 0.0854. The molecule has 0 aromatic heterocycles. The standard InChI is InChI=1S/C17H24O3/c1-13(17-12-20-17)8-9-16(18)14(2)10-19-11-15-6-4-3-5-7-15/h3-9,13-14,16-18H,10-12H2,1-2H3/b9-8+/t13-,14+,16-,17-/m0/s1. The van der Waals surface area contributed by atoms with E-state index in [1.807, 2.05) is 49.4 Å². The summed E-state index contributed by atoms with van der Waals surface area (Å²) in [5.41, 5.74) is 1.16. The lowest BCUT2D eigenvalue weighted by Crippen LogP contribution is -2.20. The molecule has 1 fully saturated rings. The Balaban J connectivity index is 1.66. The molecule has 1 N–H and O–H groups in total. The smallest absolute Gasteiger partial charge is 0.0869 e. The molecule has 0 spiro atoms. The SMILES string of the molecule is C[C@H](COCc1ccccc1)[C@@H](O)/C=C/[C@H](C)[C@@H]1CO1. The van der Waals surface area contributed by atoms with Gasteiger partial charge < -0.3 is 14.6 Å². The molecule has 1 saturated heterocycles. The van der Waals surface area contributed by atoms with Crippen LogP contribution in [-0.2, 0) is 16.1 Å². The Morgan fingerprint density at radius 3 is 2.65 bits per heavy atom. The van der Waals surface area contributed by atoms with Crippen LogP contribution in [0.25, 0.3) is 0 Å². The van der Waals surface area contributed by atoms with Crippen LogP contribution in [0.4, 0.5) is 0 Å². The van der Waals surface area contributed by atoms with Crippen molar-refractivity contribution >= 4 is 0 Å². The zero-order valence-electron chi connectivity index (χ0n) is 12.2. The van der Waals surface area contributed by atoms with Crippen LogP contribution in [0.15, 0.2) is 42.5 Å². The first-order valence-electron chi connectivity index (χ1n) is 7.26. The number of aliphatic hydroxyl groups is 1. The number of rotatable bonds is 8. The van der Waals surface area contributed by atoms with Crippen molar-refractivity contribution in [2.45, 2.75) is 32.7 Å². The number of ether oxygens (including phenoxy) is 2. The number of hydrogen-bond donors (Lipinski definition) is 1. The Kier molecular flexibility index (Phi) is 5.77. The van der Waals surface area contributed by atoms with Gasteiger partial charge in [0.2, 0.25) is 0 Å². The average molecular weight is 276 g/mol. The van der Waals surface area contributed by atoms with E-state index in [2.05, 4.69) is 6.92 Å². The van der Waals surface area contributed by atoms with Gasteiger partial charge in [-0.05, 0) is 5.56 Å². The largest absolute Gasteiger partial charge is 0.389 e. The molecule has 1 heterocycles. The fraction of sp³-hybridized carbons (Fsp3) is 0.529. The van der Waals surface area contributed by atoms with Crippen molar-refractivity contribution in [1.29, 1.82) is 0 Å². The first-order chi connectivity index (χ1) is 9.66. The predicted octanol–water partition coefficient (Wildman–Crippen LogP) is 2.79. The lowest BCUT2D eigenvalue weighted by Gasteiger charge is -2.16. The van der Waals surface area contributed by atoms with E-state index in [4.69, 9.17) is 9.47 Å². The number of hydrogen-bond acceptors (Lipinski definition) is 3. The van der Waals surface area contributed by atoms with Gasteiger partial charge in [0.25, 0.3) is 0 Å². The molecule has 20 heavy (non-hydrogen) atoms. The molecule has 3 heteroatoms. The molecular formula is C17H24O3. The first-order valence-corrected chi connectivity index (χ1v) is 7.26. The molecule has 0 amide bonds. The quantitative estimate of drug-likeness (QED) is 0.586. The molecule has 2 rings (SSSR count). The van der Waals surface area contributed by atoms with Crippen LogP contribution in [0.1, 0.15) is 19.4 Å². The van der Waals surface area contributed by atoms with Crippen molar-refractivity contribution in [3.8, 4) is 0 Å².